The average molecular weight is 245 g/mol. The van der Waals surface area contributed by atoms with Crippen molar-refractivity contribution in [1.29, 1.82) is 0 Å². The van der Waals surface area contributed by atoms with Gasteiger partial charge in [0, 0.05) is 18.8 Å². The van der Waals surface area contributed by atoms with Crippen molar-refractivity contribution in [3.8, 4) is 0 Å². The first kappa shape index (κ1) is 12.0. The van der Waals surface area contributed by atoms with Crippen LogP contribution in [0.4, 0.5) is 5.69 Å². The largest absolute Gasteiger partial charge is 0.392 e. The third kappa shape index (κ3) is 2.26. The number of piperidine rings is 1. The minimum absolute atomic E-state index is 0.142. The van der Waals surface area contributed by atoms with Crippen LogP contribution in [0.1, 0.15) is 44.1 Å². The fourth-order valence-electron chi connectivity index (χ4n) is 3.68. The van der Waals surface area contributed by atoms with Gasteiger partial charge in [0.1, 0.15) is 0 Å². The normalized spacial score (nSPS) is 22.6. The van der Waals surface area contributed by atoms with Crippen LogP contribution >= 0.6 is 0 Å². The van der Waals surface area contributed by atoms with Crippen molar-refractivity contribution in [3.63, 3.8) is 0 Å². The summed E-state index contributed by atoms with van der Waals surface area (Å²) in [6.45, 7) is 2.56. The Morgan fingerprint density at radius 3 is 2.11 bits per heavy atom. The molecule has 1 aromatic carbocycles. The highest BCUT2D eigenvalue weighted by Gasteiger charge is 2.36. The van der Waals surface area contributed by atoms with E-state index in [2.05, 4.69) is 17.0 Å². The topological polar surface area (TPSA) is 23.5 Å². The van der Waals surface area contributed by atoms with Gasteiger partial charge in [-0.15, -0.1) is 0 Å². The summed E-state index contributed by atoms with van der Waals surface area (Å²) in [6, 6.07) is 8.38. The quantitative estimate of drug-likeness (QED) is 0.864. The molecule has 0 bridgehead atoms. The van der Waals surface area contributed by atoms with E-state index in [-0.39, 0.29) is 6.61 Å². The summed E-state index contributed by atoms with van der Waals surface area (Å²) in [5, 5.41) is 9.06. The zero-order chi connectivity index (χ0) is 12.4. The van der Waals surface area contributed by atoms with Crippen molar-refractivity contribution in [2.45, 2.75) is 45.1 Å². The molecule has 2 heteroatoms. The van der Waals surface area contributed by atoms with E-state index in [1.807, 2.05) is 12.1 Å². The summed E-state index contributed by atoms with van der Waals surface area (Å²) >= 11 is 0. The molecule has 1 saturated carbocycles. The molecule has 0 amide bonds. The van der Waals surface area contributed by atoms with Gasteiger partial charge in [0.05, 0.1) is 6.61 Å². The Morgan fingerprint density at radius 2 is 1.56 bits per heavy atom. The zero-order valence-electron chi connectivity index (χ0n) is 11.1. The molecule has 98 valence electrons. The standard InChI is InChI=1S/C16H23NO/c18-13-14-3-5-15(6-4-14)17-11-9-16(10-12-17)7-1-2-8-16/h3-6,18H,1-2,7-13H2. The lowest BCUT2D eigenvalue weighted by molar-refractivity contribution is 0.226. The summed E-state index contributed by atoms with van der Waals surface area (Å²) < 4.78 is 0. The summed E-state index contributed by atoms with van der Waals surface area (Å²) in [4.78, 5) is 2.50. The molecule has 1 aliphatic carbocycles. The van der Waals surface area contributed by atoms with Gasteiger partial charge in [0.15, 0.2) is 0 Å². The molecule has 18 heavy (non-hydrogen) atoms. The van der Waals surface area contributed by atoms with Gasteiger partial charge in [-0.05, 0) is 48.8 Å². The van der Waals surface area contributed by atoms with E-state index in [0.29, 0.717) is 5.41 Å². The Morgan fingerprint density at radius 1 is 0.944 bits per heavy atom. The number of rotatable bonds is 2. The van der Waals surface area contributed by atoms with Crippen LogP contribution in [0.3, 0.4) is 0 Å². The summed E-state index contributed by atoms with van der Waals surface area (Å²) in [5.74, 6) is 0. The van der Waals surface area contributed by atoms with Crippen molar-refractivity contribution in [1.82, 2.24) is 0 Å². The molecular formula is C16H23NO. The molecule has 2 nitrogen and oxygen atoms in total. The highest BCUT2D eigenvalue weighted by atomic mass is 16.3. The van der Waals surface area contributed by atoms with Crippen LogP contribution in [-0.4, -0.2) is 18.2 Å². The maximum Gasteiger partial charge on any atom is 0.0681 e. The average Bonchev–Trinajstić information content (AvgIpc) is 2.88. The molecule has 0 radical (unpaired) electrons. The molecule has 0 aromatic heterocycles. The predicted octanol–water partition coefficient (Wildman–Crippen LogP) is 3.34. The fraction of sp³-hybridized carbons (Fsp3) is 0.625. The highest BCUT2D eigenvalue weighted by Crippen LogP contribution is 2.46. The van der Waals surface area contributed by atoms with E-state index in [0.717, 1.165) is 5.56 Å². The van der Waals surface area contributed by atoms with E-state index in [9.17, 15) is 0 Å². The molecule has 2 aliphatic rings. The summed E-state index contributed by atoms with van der Waals surface area (Å²) in [6.07, 6.45) is 8.56. The van der Waals surface area contributed by atoms with Crippen molar-refractivity contribution in [2.24, 2.45) is 5.41 Å². The number of hydrogen-bond donors (Lipinski definition) is 1. The lowest BCUT2D eigenvalue weighted by Crippen LogP contribution is -2.38. The molecule has 1 heterocycles. The third-order valence-electron chi connectivity index (χ3n) is 4.97. The Hall–Kier alpha value is -1.02. The van der Waals surface area contributed by atoms with Gasteiger partial charge in [-0.25, -0.2) is 0 Å². The maximum absolute atomic E-state index is 9.06. The molecule has 0 atom stereocenters. The molecule has 1 spiro atoms. The van der Waals surface area contributed by atoms with Gasteiger partial charge in [0.2, 0.25) is 0 Å². The summed E-state index contributed by atoms with van der Waals surface area (Å²) in [7, 11) is 0. The summed E-state index contributed by atoms with van der Waals surface area (Å²) in [5.41, 5.74) is 3.02. The molecule has 0 unspecified atom stereocenters. The molecule has 1 saturated heterocycles. The Kier molecular flexibility index (Phi) is 3.29. The molecule has 1 aliphatic heterocycles. The first-order chi connectivity index (χ1) is 8.81. The predicted molar refractivity (Wildman–Crippen MR) is 74.7 cm³/mol. The second kappa shape index (κ2) is 4.93. The van der Waals surface area contributed by atoms with E-state index >= 15 is 0 Å². The molecular weight excluding hydrogens is 222 g/mol. The van der Waals surface area contributed by atoms with Gasteiger partial charge in [-0.2, -0.15) is 0 Å². The fourth-order valence-corrected chi connectivity index (χ4v) is 3.68. The SMILES string of the molecule is OCc1ccc(N2CCC3(CCCC3)CC2)cc1. The second-order valence-electron chi connectivity index (χ2n) is 6.02. The Bertz CT molecular complexity index is 382. The van der Waals surface area contributed by atoms with Gasteiger partial charge in [0.25, 0.3) is 0 Å². The third-order valence-corrected chi connectivity index (χ3v) is 4.97. The monoisotopic (exact) mass is 245 g/mol. The van der Waals surface area contributed by atoms with E-state index in [1.165, 1.54) is 57.3 Å². The van der Waals surface area contributed by atoms with Crippen molar-refractivity contribution >= 4 is 5.69 Å². The lowest BCUT2D eigenvalue weighted by Gasteiger charge is -2.40. The van der Waals surface area contributed by atoms with Gasteiger partial charge < -0.3 is 10.0 Å². The zero-order valence-corrected chi connectivity index (χ0v) is 11.1. The van der Waals surface area contributed by atoms with Crippen LogP contribution in [0.5, 0.6) is 0 Å². The maximum atomic E-state index is 9.06. The minimum Gasteiger partial charge on any atom is -0.392 e. The van der Waals surface area contributed by atoms with Crippen LogP contribution < -0.4 is 4.90 Å². The number of benzene rings is 1. The van der Waals surface area contributed by atoms with E-state index in [4.69, 9.17) is 5.11 Å². The number of hydrogen-bond acceptors (Lipinski definition) is 2. The number of aliphatic hydroxyl groups excluding tert-OH is 1. The molecule has 1 aromatic rings. The van der Waals surface area contributed by atoms with Crippen molar-refractivity contribution < 1.29 is 5.11 Å². The van der Waals surface area contributed by atoms with Crippen LogP contribution in [0, 0.1) is 5.41 Å². The highest BCUT2D eigenvalue weighted by molar-refractivity contribution is 5.48. The lowest BCUT2D eigenvalue weighted by atomic mass is 9.77. The van der Waals surface area contributed by atoms with Crippen molar-refractivity contribution in [3.05, 3.63) is 29.8 Å². The Balaban J connectivity index is 1.64. The van der Waals surface area contributed by atoms with Crippen molar-refractivity contribution in [2.75, 3.05) is 18.0 Å². The van der Waals surface area contributed by atoms with Gasteiger partial charge in [-0.1, -0.05) is 25.0 Å². The van der Waals surface area contributed by atoms with Gasteiger partial charge in [-0.3, -0.25) is 0 Å². The first-order valence-corrected chi connectivity index (χ1v) is 7.26. The van der Waals surface area contributed by atoms with Crippen LogP contribution in [0.2, 0.25) is 0 Å². The molecule has 1 N–H and O–H groups in total. The van der Waals surface area contributed by atoms with Crippen LogP contribution in [0.25, 0.3) is 0 Å². The molecule has 2 fully saturated rings. The first-order valence-electron chi connectivity index (χ1n) is 7.26. The van der Waals surface area contributed by atoms with Crippen LogP contribution in [-0.2, 0) is 6.61 Å². The van der Waals surface area contributed by atoms with E-state index < -0.39 is 0 Å². The minimum atomic E-state index is 0.142. The smallest absolute Gasteiger partial charge is 0.0681 e. The van der Waals surface area contributed by atoms with E-state index in [1.54, 1.807) is 0 Å². The number of aliphatic hydroxyl groups is 1. The number of anilines is 1. The Labute approximate surface area is 110 Å². The second-order valence-corrected chi connectivity index (χ2v) is 6.02. The van der Waals surface area contributed by atoms with Crippen LogP contribution in [0.15, 0.2) is 24.3 Å². The van der Waals surface area contributed by atoms with Gasteiger partial charge >= 0.3 is 0 Å². The number of nitrogens with zero attached hydrogens (tertiary/aromatic N) is 1. The molecule has 3 rings (SSSR count).